The molecule has 28 heavy (non-hydrogen) atoms. The monoisotopic (exact) mass is 398 g/mol. The summed E-state index contributed by atoms with van der Waals surface area (Å²) in [5.41, 5.74) is 5.99. The Balaban J connectivity index is 2.89. The van der Waals surface area contributed by atoms with Crippen LogP contribution >= 0.6 is 0 Å². The summed E-state index contributed by atoms with van der Waals surface area (Å²) in [7, 11) is 0. The molecule has 0 aliphatic heterocycles. The van der Waals surface area contributed by atoms with Gasteiger partial charge in [0.15, 0.2) is 0 Å². The zero-order valence-electron chi connectivity index (χ0n) is 15.6. The molecule has 0 saturated heterocycles. The van der Waals surface area contributed by atoms with Gasteiger partial charge in [-0.1, -0.05) is 13.8 Å². The first kappa shape index (κ1) is 23.0. The van der Waals surface area contributed by atoms with Crippen LogP contribution < -0.4 is 21.7 Å². The molecule has 1 heterocycles. The number of aromatic amines is 1. The van der Waals surface area contributed by atoms with Gasteiger partial charge in [-0.15, -0.1) is 0 Å². The number of nitrogens with zero attached hydrogens (tertiary/aromatic N) is 1. The Labute approximate surface area is 161 Å². The number of carbonyl (C=O) groups excluding carboxylic acids is 3. The Morgan fingerprint density at radius 3 is 2.36 bits per heavy atom. The number of imidazole rings is 1. The number of hydrogen-bond acceptors (Lipinski definition) is 7. The number of rotatable bonds is 11. The van der Waals surface area contributed by atoms with Gasteiger partial charge in [-0.25, -0.2) is 4.98 Å². The number of aliphatic hydroxyl groups is 1. The molecule has 3 unspecified atom stereocenters. The van der Waals surface area contributed by atoms with Crippen molar-refractivity contribution in [2.24, 2.45) is 11.7 Å². The molecular formula is C16H26N6O6. The van der Waals surface area contributed by atoms with Gasteiger partial charge in [0.05, 0.1) is 12.9 Å². The van der Waals surface area contributed by atoms with E-state index in [4.69, 9.17) is 15.9 Å². The Hall–Kier alpha value is -2.99. The number of nitrogens with two attached hydrogens (primary N) is 1. The number of hydrogen-bond donors (Lipinski definition) is 7. The molecule has 0 aliphatic carbocycles. The van der Waals surface area contributed by atoms with E-state index in [1.807, 2.05) is 0 Å². The minimum absolute atomic E-state index is 0.0338. The van der Waals surface area contributed by atoms with Crippen LogP contribution in [-0.2, 0) is 25.6 Å². The van der Waals surface area contributed by atoms with Crippen molar-refractivity contribution in [3.8, 4) is 0 Å². The van der Waals surface area contributed by atoms with Crippen LogP contribution in [0.5, 0.6) is 0 Å². The van der Waals surface area contributed by atoms with Crippen molar-refractivity contribution in [1.29, 1.82) is 0 Å². The fourth-order valence-electron chi connectivity index (χ4n) is 2.25. The van der Waals surface area contributed by atoms with Crippen molar-refractivity contribution in [3.05, 3.63) is 18.2 Å². The third-order valence-electron chi connectivity index (χ3n) is 3.81. The Bertz CT molecular complexity index is 677. The lowest BCUT2D eigenvalue weighted by atomic mass is 10.0. The fourth-order valence-corrected chi connectivity index (χ4v) is 2.25. The van der Waals surface area contributed by atoms with Crippen molar-refractivity contribution in [2.75, 3.05) is 13.2 Å². The van der Waals surface area contributed by atoms with Crippen LogP contribution in [0.25, 0.3) is 0 Å². The largest absolute Gasteiger partial charge is 0.480 e. The second-order valence-corrected chi connectivity index (χ2v) is 6.47. The molecule has 156 valence electrons. The van der Waals surface area contributed by atoms with E-state index < -0.39 is 55.0 Å². The first-order valence-electron chi connectivity index (χ1n) is 8.59. The van der Waals surface area contributed by atoms with Crippen LogP contribution in [0.3, 0.4) is 0 Å². The van der Waals surface area contributed by atoms with E-state index in [9.17, 15) is 19.2 Å². The minimum Gasteiger partial charge on any atom is -0.480 e. The van der Waals surface area contributed by atoms with Crippen LogP contribution in [0.15, 0.2) is 12.5 Å². The molecule has 12 nitrogen and oxygen atoms in total. The first-order valence-corrected chi connectivity index (χ1v) is 8.59. The quantitative estimate of drug-likeness (QED) is 0.206. The third kappa shape index (κ3) is 7.32. The van der Waals surface area contributed by atoms with Crippen molar-refractivity contribution < 1.29 is 29.4 Å². The first-order chi connectivity index (χ1) is 13.1. The molecular weight excluding hydrogens is 372 g/mol. The number of aromatic nitrogens is 2. The van der Waals surface area contributed by atoms with Gasteiger partial charge in [-0.05, 0) is 5.92 Å². The molecule has 1 aromatic rings. The van der Waals surface area contributed by atoms with Crippen molar-refractivity contribution in [2.45, 2.75) is 38.4 Å². The predicted octanol–water partition coefficient (Wildman–Crippen LogP) is -2.90. The number of carboxylic acid groups (broad SMARTS) is 1. The SMILES string of the molecule is CC(C)C(NC(=O)C(N)CO)C(=O)NC(Cc1cnc[nH]1)C(=O)NCC(=O)O. The van der Waals surface area contributed by atoms with E-state index in [0.717, 1.165) is 0 Å². The molecule has 0 aromatic carbocycles. The number of amides is 3. The van der Waals surface area contributed by atoms with Crippen molar-refractivity contribution >= 4 is 23.7 Å². The predicted molar refractivity (Wildman–Crippen MR) is 96.7 cm³/mol. The van der Waals surface area contributed by atoms with E-state index in [-0.39, 0.29) is 12.3 Å². The second-order valence-electron chi connectivity index (χ2n) is 6.47. The van der Waals surface area contributed by atoms with Crippen LogP contribution in [0.2, 0.25) is 0 Å². The molecule has 0 aliphatic rings. The van der Waals surface area contributed by atoms with E-state index >= 15 is 0 Å². The topological polar surface area (TPSA) is 200 Å². The summed E-state index contributed by atoms with van der Waals surface area (Å²) in [4.78, 5) is 54.2. The lowest BCUT2D eigenvalue weighted by Gasteiger charge is -2.25. The smallest absolute Gasteiger partial charge is 0.322 e. The van der Waals surface area contributed by atoms with Crippen molar-refractivity contribution in [1.82, 2.24) is 25.9 Å². The number of aliphatic carboxylic acids is 1. The average molecular weight is 398 g/mol. The Morgan fingerprint density at radius 1 is 1.18 bits per heavy atom. The summed E-state index contributed by atoms with van der Waals surface area (Å²) in [6.45, 7) is 2.18. The molecule has 1 rings (SSSR count). The standard InChI is InChI=1S/C16H26N6O6/c1-8(2)13(22-14(26)10(17)6-23)16(28)21-11(3-9-4-18-7-20-9)15(27)19-5-12(24)25/h4,7-8,10-11,13,23H,3,5-6,17H2,1-2H3,(H,18,20)(H,19,27)(H,21,28)(H,22,26)(H,24,25). The lowest BCUT2D eigenvalue weighted by Crippen LogP contribution is -2.58. The number of aliphatic hydroxyl groups excluding tert-OH is 1. The van der Waals surface area contributed by atoms with Crippen LogP contribution in [0.1, 0.15) is 19.5 Å². The second kappa shape index (κ2) is 11.0. The highest BCUT2D eigenvalue weighted by atomic mass is 16.4. The summed E-state index contributed by atoms with van der Waals surface area (Å²) >= 11 is 0. The van der Waals surface area contributed by atoms with Gasteiger partial charge < -0.3 is 36.9 Å². The van der Waals surface area contributed by atoms with Gasteiger partial charge in [-0.3, -0.25) is 19.2 Å². The maximum Gasteiger partial charge on any atom is 0.322 e. The Kier molecular flexibility index (Phi) is 9.05. The van der Waals surface area contributed by atoms with E-state index in [0.29, 0.717) is 5.69 Å². The number of carbonyl (C=O) groups is 4. The normalized spacial score (nSPS) is 14.0. The van der Waals surface area contributed by atoms with Crippen LogP contribution in [-0.4, -0.2) is 75.1 Å². The maximum atomic E-state index is 12.7. The molecule has 8 N–H and O–H groups in total. The minimum atomic E-state index is -1.23. The molecule has 1 aromatic heterocycles. The third-order valence-corrected chi connectivity index (χ3v) is 3.81. The molecule has 3 atom stereocenters. The van der Waals surface area contributed by atoms with Gasteiger partial charge in [0, 0.05) is 18.3 Å². The van der Waals surface area contributed by atoms with E-state index in [1.54, 1.807) is 13.8 Å². The molecule has 0 fully saturated rings. The van der Waals surface area contributed by atoms with Gasteiger partial charge >= 0.3 is 5.97 Å². The average Bonchev–Trinajstić information content (AvgIpc) is 3.15. The molecule has 12 heteroatoms. The van der Waals surface area contributed by atoms with Gasteiger partial charge in [0.25, 0.3) is 0 Å². The lowest BCUT2D eigenvalue weighted by molar-refractivity contribution is -0.138. The summed E-state index contributed by atoms with van der Waals surface area (Å²) in [6, 6.07) is -3.30. The highest BCUT2D eigenvalue weighted by molar-refractivity contribution is 5.93. The zero-order valence-corrected chi connectivity index (χ0v) is 15.6. The molecule has 0 radical (unpaired) electrons. The molecule has 3 amide bonds. The summed E-state index contributed by atoms with van der Waals surface area (Å²) in [5, 5.41) is 24.8. The van der Waals surface area contributed by atoms with Crippen LogP contribution in [0, 0.1) is 5.92 Å². The zero-order chi connectivity index (χ0) is 21.3. The summed E-state index contributed by atoms with van der Waals surface area (Å²) in [5.74, 6) is -3.64. The maximum absolute atomic E-state index is 12.7. The van der Waals surface area contributed by atoms with Crippen LogP contribution in [0.4, 0.5) is 0 Å². The highest BCUT2D eigenvalue weighted by Crippen LogP contribution is 2.05. The van der Waals surface area contributed by atoms with E-state index in [2.05, 4.69) is 25.9 Å². The van der Waals surface area contributed by atoms with E-state index in [1.165, 1.54) is 12.5 Å². The van der Waals surface area contributed by atoms with Crippen molar-refractivity contribution in [3.63, 3.8) is 0 Å². The Morgan fingerprint density at radius 2 is 1.86 bits per heavy atom. The molecule has 0 saturated carbocycles. The fraction of sp³-hybridized carbons (Fsp3) is 0.562. The molecule has 0 bridgehead atoms. The summed E-state index contributed by atoms with van der Waals surface area (Å²) < 4.78 is 0. The number of carboxylic acids is 1. The number of H-pyrrole nitrogens is 1. The number of nitrogens with one attached hydrogen (secondary N) is 4. The molecule has 0 spiro atoms. The van der Waals surface area contributed by atoms with Gasteiger partial charge in [0.1, 0.15) is 24.7 Å². The highest BCUT2D eigenvalue weighted by Gasteiger charge is 2.30. The van der Waals surface area contributed by atoms with Gasteiger partial charge in [0.2, 0.25) is 17.7 Å². The van der Waals surface area contributed by atoms with Gasteiger partial charge in [-0.2, -0.15) is 0 Å². The summed E-state index contributed by atoms with van der Waals surface area (Å²) in [6.07, 6.45) is 2.90.